The first kappa shape index (κ1) is 15.9. The molecule has 1 aromatic rings. The summed E-state index contributed by atoms with van der Waals surface area (Å²) < 4.78 is 4.59. The van der Waals surface area contributed by atoms with Crippen molar-refractivity contribution in [3.63, 3.8) is 0 Å². The molecule has 0 aliphatic heterocycles. The first-order chi connectivity index (χ1) is 9.10. The molecule has 0 saturated carbocycles. The summed E-state index contributed by atoms with van der Waals surface area (Å²) in [5, 5.41) is 2.55. The van der Waals surface area contributed by atoms with Crippen LogP contribution in [0.25, 0.3) is 0 Å². The highest BCUT2D eigenvalue weighted by atomic mass is 35.5. The summed E-state index contributed by atoms with van der Waals surface area (Å²) in [5.74, 6) is -0.198. The molecule has 1 heterocycles. The summed E-state index contributed by atoms with van der Waals surface area (Å²) in [6, 6.07) is 0. The molecule has 0 spiro atoms. The lowest BCUT2D eigenvalue weighted by molar-refractivity contribution is -0.146. The van der Waals surface area contributed by atoms with Gasteiger partial charge in [0.2, 0.25) is 5.91 Å². The van der Waals surface area contributed by atoms with Gasteiger partial charge in [0.1, 0.15) is 11.6 Å². The molecule has 106 valence electrons. The Morgan fingerprint density at radius 2 is 2.26 bits per heavy atom. The van der Waals surface area contributed by atoms with Gasteiger partial charge in [0, 0.05) is 11.9 Å². The number of amides is 1. The summed E-state index contributed by atoms with van der Waals surface area (Å²) in [4.78, 5) is 29.1. The number of nitrogens with zero attached hydrogens (tertiary/aromatic N) is 2. The first-order valence-electron chi connectivity index (χ1n) is 5.94. The van der Waals surface area contributed by atoms with Gasteiger partial charge in [-0.05, 0) is 6.42 Å². The van der Waals surface area contributed by atoms with Gasteiger partial charge in [-0.25, -0.2) is 4.98 Å². The fourth-order valence-corrected chi connectivity index (χ4v) is 2.53. The van der Waals surface area contributed by atoms with Crippen LogP contribution in [0.3, 0.4) is 0 Å². The molecule has 0 aromatic carbocycles. The van der Waals surface area contributed by atoms with Crippen molar-refractivity contribution in [2.75, 3.05) is 20.2 Å². The molecular formula is C12H17ClN2O3S. The number of thiazole rings is 1. The molecule has 0 unspecified atom stereocenters. The van der Waals surface area contributed by atoms with Crippen molar-refractivity contribution in [3.8, 4) is 0 Å². The SMILES string of the molecule is CCCN(CC(=O)OC)C(=O)Cc1nc(CCl)cs1. The number of rotatable bonds is 7. The summed E-state index contributed by atoms with van der Waals surface area (Å²) in [7, 11) is 1.31. The van der Waals surface area contributed by atoms with Crippen molar-refractivity contribution in [3.05, 3.63) is 16.1 Å². The first-order valence-corrected chi connectivity index (χ1v) is 7.36. The minimum atomic E-state index is -0.414. The van der Waals surface area contributed by atoms with Crippen molar-refractivity contribution in [2.24, 2.45) is 0 Å². The second-order valence-electron chi connectivity index (χ2n) is 3.93. The van der Waals surface area contributed by atoms with E-state index in [-0.39, 0.29) is 18.9 Å². The molecule has 1 rings (SSSR count). The van der Waals surface area contributed by atoms with Crippen molar-refractivity contribution < 1.29 is 14.3 Å². The molecule has 0 radical (unpaired) electrons. The van der Waals surface area contributed by atoms with Crippen LogP contribution >= 0.6 is 22.9 Å². The lowest BCUT2D eigenvalue weighted by atomic mass is 10.3. The molecule has 0 aliphatic rings. The number of ether oxygens (including phenoxy) is 1. The van der Waals surface area contributed by atoms with Gasteiger partial charge >= 0.3 is 5.97 Å². The Bertz CT molecular complexity index is 436. The van der Waals surface area contributed by atoms with E-state index in [1.54, 1.807) is 0 Å². The molecule has 5 nitrogen and oxygen atoms in total. The van der Waals surface area contributed by atoms with E-state index in [1.165, 1.54) is 23.3 Å². The molecule has 0 atom stereocenters. The quantitative estimate of drug-likeness (QED) is 0.569. The molecule has 0 N–H and O–H groups in total. The second kappa shape index (κ2) is 8.12. The van der Waals surface area contributed by atoms with E-state index >= 15 is 0 Å². The number of carbonyl (C=O) groups excluding carboxylic acids is 2. The highest BCUT2D eigenvalue weighted by Crippen LogP contribution is 2.13. The molecular weight excluding hydrogens is 288 g/mol. The number of esters is 1. The van der Waals surface area contributed by atoms with Gasteiger partial charge in [-0.1, -0.05) is 6.92 Å². The van der Waals surface area contributed by atoms with E-state index in [9.17, 15) is 9.59 Å². The van der Waals surface area contributed by atoms with Gasteiger partial charge in [0.05, 0.1) is 25.1 Å². The second-order valence-corrected chi connectivity index (χ2v) is 5.14. The maximum absolute atomic E-state index is 12.1. The van der Waals surface area contributed by atoms with Gasteiger partial charge in [-0.2, -0.15) is 0 Å². The Labute approximate surface area is 121 Å². The largest absolute Gasteiger partial charge is 0.468 e. The fourth-order valence-electron chi connectivity index (χ4n) is 1.51. The minimum absolute atomic E-state index is 0.0170. The van der Waals surface area contributed by atoms with Crippen molar-refractivity contribution in [2.45, 2.75) is 25.6 Å². The van der Waals surface area contributed by atoms with E-state index in [0.717, 1.165) is 12.1 Å². The highest BCUT2D eigenvalue weighted by Gasteiger charge is 2.18. The Morgan fingerprint density at radius 1 is 1.53 bits per heavy atom. The average Bonchev–Trinajstić information content (AvgIpc) is 2.85. The summed E-state index contributed by atoms with van der Waals surface area (Å²) in [6.45, 7) is 2.46. The average molecular weight is 305 g/mol. The van der Waals surface area contributed by atoms with Crippen LogP contribution in [0.4, 0.5) is 0 Å². The normalized spacial score (nSPS) is 10.3. The molecule has 1 amide bonds. The lowest BCUT2D eigenvalue weighted by Crippen LogP contribution is -2.37. The molecule has 1 aromatic heterocycles. The van der Waals surface area contributed by atoms with E-state index in [0.29, 0.717) is 17.4 Å². The van der Waals surface area contributed by atoms with Crippen LogP contribution < -0.4 is 0 Å². The minimum Gasteiger partial charge on any atom is -0.468 e. The van der Waals surface area contributed by atoms with Gasteiger partial charge in [-0.15, -0.1) is 22.9 Å². The van der Waals surface area contributed by atoms with Crippen LogP contribution in [0, 0.1) is 0 Å². The lowest BCUT2D eigenvalue weighted by Gasteiger charge is -2.20. The number of halogens is 1. The number of carbonyl (C=O) groups is 2. The van der Waals surface area contributed by atoms with Gasteiger partial charge in [0.15, 0.2) is 0 Å². The number of hydrogen-bond donors (Lipinski definition) is 0. The van der Waals surface area contributed by atoms with Gasteiger partial charge < -0.3 is 9.64 Å². The molecule has 0 saturated heterocycles. The molecule has 19 heavy (non-hydrogen) atoms. The Morgan fingerprint density at radius 3 is 2.79 bits per heavy atom. The predicted octanol–water partition coefficient (Wildman–Crippen LogP) is 1.84. The zero-order chi connectivity index (χ0) is 14.3. The number of hydrogen-bond acceptors (Lipinski definition) is 5. The fraction of sp³-hybridized carbons (Fsp3) is 0.583. The Hall–Kier alpha value is -1.14. The number of methoxy groups -OCH3 is 1. The maximum Gasteiger partial charge on any atom is 0.325 e. The molecule has 0 fully saturated rings. The monoisotopic (exact) mass is 304 g/mol. The third-order valence-corrected chi connectivity index (χ3v) is 3.60. The van der Waals surface area contributed by atoms with Crippen LogP contribution in [0.15, 0.2) is 5.38 Å². The van der Waals surface area contributed by atoms with Crippen LogP contribution in [0.1, 0.15) is 24.0 Å². The third-order valence-electron chi connectivity index (χ3n) is 2.43. The highest BCUT2D eigenvalue weighted by molar-refractivity contribution is 7.09. The van der Waals surface area contributed by atoms with E-state index in [1.807, 2.05) is 12.3 Å². The molecule has 7 heteroatoms. The zero-order valence-corrected chi connectivity index (χ0v) is 12.6. The van der Waals surface area contributed by atoms with Crippen LogP contribution in [-0.4, -0.2) is 42.0 Å². The number of aromatic nitrogens is 1. The van der Waals surface area contributed by atoms with Gasteiger partial charge in [0.25, 0.3) is 0 Å². The van der Waals surface area contributed by atoms with Crippen molar-refractivity contribution in [1.29, 1.82) is 0 Å². The van der Waals surface area contributed by atoms with Crippen molar-refractivity contribution in [1.82, 2.24) is 9.88 Å². The number of alkyl halides is 1. The standard InChI is InChI=1S/C12H17ClN2O3S/c1-3-4-15(7-12(17)18-2)11(16)5-10-14-9(6-13)8-19-10/h8H,3-7H2,1-2H3. The smallest absolute Gasteiger partial charge is 0.325 e. The predicted molar refractivity (Wildman–Crippen MR) is 74.3 cm³/mol. The van der Waals surface area contributed by atoms with Crippen molar-refractivity contribution >= 4 is 34.8 Å². The van der Waals surface area contributed by atoms with Gasteiger partial charge in [-0.3, -0.25) is 9.59 Å². The van der Waals surface area contributed by atoms with Crippen LogP contribution in [0.2, 0.25) is 0 Å². The van der Waals surface area contributed by atoms with Crippen LogP contribution in [0.5, 0.6) is 0 Å². The summed E-state index contributed by atoms with van der Waals surface area (Å²) in [5.41, 5.74) is 0.768. The maximum atomic E-state index is 12.1. The zero-order valence-electron chi connectivity index (χ0n) is 11.0. The van der Waals surface area contributed by atoms with E-state index in [2.05, 4.69) is 9.72 Å². The third kappa shape index (κ3) is 5.16. The summed E-state index contributed by atoms with van der Waals surface area (Å²) in [6.07, 6.45) is 0.978. The Balaban J connectivity index is 2.62. The molecule has 0 bridgehead atoms. The topological polar surface area (TPSA) is 59.5 Å². The molecule has 0 aliphatic carbocycles. The van der Waals surface area contributed by atoms with E-state index < -0.39 is 5.97 Å². The Kier molecular flexibility index (Phi) is 6.80. The summed E-state index contributed by atoms with van der Waals surface area (Å²) >= 11 is 7.07. The van der Waals surface area contributed by atoms with E-state index in [4.69, 9.17) is 11.6 Å². The van der Waals surface area contributed by atoms with Crippen LogP contribution in [-0.2, 0) is 26.6 Å².